The first-order valence-corrected chi connectivity index (χ1v) is 27.2. The van der Waals surface area contributed by atoms with Crippen molar-refractivity contribution in [2.24, 2.45) is 0 Å². The third-order valence-electron chi connectivity index (χ3n) is 15.1. The Labute approximate surface area is 513 Å². The van der Waals surface area contributed by atoms with Crippen molar-refractivity contribution >= 4 is 0 Å². The van der Waals surface area contributed by atoms with Crippen LogP contribution in [0.3, 0.4) is 0 Å². The molecule has 4 heterocycles. The molecule has 402 valence electrons. The molecule has 0 amide bonds. The summed E-state index contributed by atoms with van der Waals surface area (Å²) >= 11 is 0. The first-order valence-electron chi connectivity index (χ1n) is 27.2. The van der Waals surface area contributed by atoms with Gasteiger partial charge in [-0.05, 0) is 112 Å². The van der Waals surface area contributed by atoms with Crippen molar-refractivity contribution in [3.8, 4) is 134 Å². The number of hydrogen-bond donors (Lipinski definition) is 0. The van der Waals surface area contributed by atoms with Gasteiger partial charge >= 0.3 is 0 Å². The molecule has 0 aliphatic rings. The Balaban J connectivity index is 0.00000360. The Morgan fingerprint density at radius 2 is 0.614 bits per heavy atom. The second-order valence-corrected chi connectivity index (χ2v) is 20.4. The van der Waals surface area contributed by atoms with Gasteiger partial charge in [0.1, 0.15) is 0 Å². The van der Waals surface area contributed by atoms with Crippen LogP contribution >= 0.6 is 0 Å². The van der Waals surface area contributed by atoms with E-state index >= 15 is 0 Å². The van der Waals surface area contributed by atoms with Gasteiger partial charge in [0.05, 0.1) is 0 Å². The van der Waals surface area contributed by atoms with Gasteiger partial charge in [-0.25, -0.2) is 0 Å². The van der Waals surface area contributed by atoms with E-state index in [9.17, 15) is 0 Å². The molecule has 0 saturated carbocycles. The van der Waals surface area contributed by atoms with E-state index in [1.165, 1.54) is 0 Å². The average molecular weight is 1420 g/mol. The molecule has 0 unspecified atom stereocenters. The number of nitrogens with zero attached hydrogens (tertiary/aromatic N) is 4. The molecule has 9 aromatic carbocycles. The summed E-state index contributed by atoms with van der Waals surface area (Å²) in [7, 11) is 0. The molecular formula is C77H52Ir2N4-4. The maximum atomic E-state index is 4.95. The van der Waals surface area contributed by atoms with Crippen LogP contribution in [-0.4, -0.2) is 19.9 Å². The van der Waals surface area contributed by atoms with Crippen molar-refractivity contribution in [3.05, 3.63) is 302 Å². The van der Waals surface area contributed by atoms with E-state index in [1.54, 1.807) is 0 Å². The Kier molecular flexibility index (Phi) is 16.8. The van der Waals surface area contributed by atoms with Crippen LogP contribution in [0.1, 0.15) is 16.7 Å². The standard InChI is InChI=1S/C77H52N4.2Ir/c1-51-44-64(76-66(56-26-34-60(35-27-56)72-24-10-12-42-78-72)20-14-21-67(76)57-28-36-61(37-29-57)73-25-11-13-43-79-73)48-65(45-51)77-68(58-30-38-62(39-31-58)74-46-52(2)70(49-80-74)54-16-6-4-7-17-54)22-15-23-69(77)59-32-40-63(41-33-59)75-47-53(3)71(50-81-75)55-18-8-5-9-19-55;;/h4-34,36,38,40,42-50H,1-3H3;;/q-4;;. The van der Waals surface area contributed by atoms with Gasteiger partial charge in [-0.2, -0.15) is 0 Å². The molecule has 13 rings (SSSR count). The quantitative estimate of drug-likeness (QED) is 0.114. The molecule has 2 radical (unpaired) electrons. The molecule has 6 heteroatoms. The van der Waals surface area contributed by atoms with Crippen LogP contribution in [-0.2, 0) is 40.2 Å². The van der Waals surface area contributed by atoms with E-state index in [0.29, 0.717) is 0 Å². The predicted molar refractivity (Wildman–Crippen MR) is 332 cm³/mol. The Bertz CT molecular complexity index is 4110. The van der Waals surface area contributed by atoms with Crippen molar-refractivity contribution in [1.29, 1.82) is 0 Å². The monoisotopic (exact) mass is 1420 g/mol. The molecular weight excluding hydrogens is 1370 g/mol. The molecule has 0 aliphatic carbocycles. The third-order valence-corrected chi connectivity index (χ3v) is 15.1. The summed E-state index contributed by atoms with van der Waals surface area (Å²) in [6, 6.07) is 97.6. The van der Waals surface area contributed by atoms with Gasteiger partial charge in [0.25, 0.3) is 0 Å². The zero-order valence-electron chi connectivity index (χ0n) is 45.8. The number of hydrogen-bond acceptors (Lipinski definition) is 4. The minimum absolute atomic E-state index is 0. The Morgan fingerprint density at radius 3 is 0.928 bits per heavy atom. The fourth-order valence-electron chi connectivity index (χ4n) is 11.1. The summed E-state index contributed by atoms with van der Waals surface area (Å²) in [5.41, 5.74) is 28.2. The molecule has 13 aromatic rings. The minimum Gasteiger partial charge on any atom is -0.305 e. The van der Waals surface area contributed by atoms with E-state index in [2.05, 4.69) is 243 Å². The van der Waals surface area contributed by atoms with Crippen molar-refractivity contribution in [3.63, 3.8) is 0 Å². The van der Waals surface area contributed by atoms with Crippen molar-refractivity contribution in [2.75, 3.05) is 0 Å². The predicted octanol–water partition coefficient (Wildman–Crippen LogP) is 19.4. The van der Waals surface area contributed by atoms with Crippen molar-refractivity contribution < 1.29 is 40.2 Å². The molecule has 0 aliphatic heterocycles. The molecule has 4 aromatic heterocycles. The van der Waals surface area contributed by atoms with Crippen molar-refractivity contribution in [1.82, 2.24) is 19.9 Å². The second kappa shape index (κ2) is 24.9. The smallest absolute Gasteiger partial charge is 0.0242 e. The first kappa shape index (κ1) is 55.8. The molecule has 0 atom stereocenters. The van der Waals surface area contributed by atoms with Crippen LogP contribution in [0, 0.1) is 45.0 Å². The minimum atomic E-state index is 0. The van der Waals surface area contributed by atoms with Gasteiger partial charge in [0, 0.05) is 76.1 Å². The first-order chi connectivity index (χ1) is 39.9. The summed E-state index contributed by atoms with van der Waals surface area (Å²) in [5.74, 6) is 0. The van der Waals surface area contributed by atoms with Gasteiger partial charge in [0.2, 0.25) is 0 Å². The SMILES string of the molecule is Cc1cc(-c2c(-c3c[c-]c(-c4ccccn4)cc3)cccc2-c2c[c-]c(-c3ccccn3)cc2)cc(-c2c(-c3c[c-]c(-c4cc(C)c(-c5ccccc5)cn4)cc3)cccc2-c2c[c-]c(-c3cc(C)c(-c4ccccc4)cn3)cc2)c1.[Ir].[Ir]. The largest absolute Gasteiger partial charge is 0.305 e. The van der Waals surface area contributed by atoms with E-state index < -0.39 is 0 Å². The van der Waals surface area contributed by atoms with Gasteiger partial charge in [-0.1, -0.05) is 190 Å². The summed E-state index contributed by atoms with van der Waals surface area (Å²) < 4.78 is 0. The molecule has 0 spiro atoms. The molecule has 4 nitrogen and oxygen atoms in total. The molecule has 0 bridgehead atoms. The van der Waals surface area contributed by atoms with Crippen LogP contribution < -0.4 is 0 Å². The van der Waals surface area contributed by atoms with Crippen molar-refractivity contribution in [2.45, 2.75) is 20.8 Å². The van der Waals surface area contributed by atoms with E-state index in [4.69, 9.17) is 9.97 Å². The summed E-state index contributed by atoms with van der Waals surface area (Å²) in [6.45, 7) is 6.50. The maximum absolute atomic E-state index is 4.95. The fraction of sp³-hybridized carbons (Fsp3) is 0.0390. The summed E-state index contributed by atoms with van der Waals surface area (Å²) in [4.78, 5) is 19.2. The van der Waals surface area contributed by atoms with E-state index in [0.717, 1.165) is 151 Å². The number of rotatable bonds is 12. The van der Waals surface area contributed by atoms with Gasteiger partial charge < -0.3 is 19.9 Å². The van der Waals surface area contributed by atoms with E-state index in [-0.39, 0.29) is 40.2 Å². The number of benzene rings is 9. The fourth-order valence-corrected chi connectivity index (χ4v) is 11.1. The normalized spacial score (nSPS) is 10.9. The molecule has 0 fully saturated rings. The molecule has 0 saturated heterocycles. The number of aromatic nitrogens is 4. The molecule has 0 N–H and O–H groups in total. The summed E-state index contributed by atoms with van der Waals surface area (Å²) in [5, 5.41) is 0. The Hall–Kier alpha value is -9.12. The Morgan fingerprint density at radius 1 is 0.265 bits per heavy atom. The number of aryl methyl sites for hydroxylation is 3. The van der Waals surface area contributed by atoms with Crippen LogP contribution in [0.25, 0.3) is 134 Å². The number of pyridine rings is 4. The van der Waals surface area contributed by atoms with Gasteiger partial charge in [0.15, 0.2) is 0 Å². The average Bonchev–Trinajstić information content (AvgIpc) is 3.71. The topological polar surface area (TPSA) is 51.6 Å². The maximum Gasteiger partial charge on any atom is 0.0242 e. The third kappa shape index (κ3) is 11.7. The zero-order chi connectivity index (χ0) is 54.7. The van der Waals surface area contributed by atoms with Crippen LogP contribution in [0.15, 0.2) is 261 Å². The van der Waals surface area contributed by atoms with Gasteiger partial charge in [-0.3, -0.25) is 0 Å². The molecule has 83 heavy (non-hydrogen) atoms. The van der Waals surface area contributed by atoms with E-state index in [1.807, 2.05) is 73.3 Å². The van der Waals surface area contributed by atoms with Crippen LogP contribution in [0.4, 0.5) is 0 Å². The summed E-state index contributed by atoms with van der Waals surface area (Å²) in [6.07, 6.45) is 7.60. The second-order valence-electron chi connectivity index (χ2n) is 20.4. The van der Waals surface area contributed by atoms with Gasteiger partial charge in [-0.15, -0.1) is 119 Å². The van der Waals surface area contributed by atoms with Crippen LogP contribution in [0.2, 0.25) is 0 Å². The van der Waals surface area contributed by atoms with Crippen LogP contribution in [0.5, 0.6) is 0 Å². The zero-order valence-corrected chi connectivity index (χ0v) is 50.6.